The molecule has 3 rings (SSSR count). The second-order valence-electron chi connectivity index (χ2n) is 5.48. The van der Waals surface area contributed by atoms with E-state index in [0.717, 1.165) is 36.0 Å². The van der Waals surface area contributed by atoms with Crippen LogP contribution in [-0.2, 0) is 6.54 Å². The monoisotopic (exact) mass is 308 g/mol. The lowest BCUT2D eigenvalue weighted by atomic mass is 10.2. The highest BCUT2D eigenvalue weighted by atomic mass is 16.1. The third-order valence-corrected chi connectivity index (χ3v) is 3.75. The molecule has 2 heterocycles. The quantitative estimate of drug-likeness (QED) is 0.711. The Hall–Kier alpha value is -2.69. The third-order valence-electron chi connectivity index (χ3n) is 3.75. The van der Waals surface area contributed by atoms with Gasteiger partial charge in [0.05, 0.1) is 23.8 Å². The zero-order valence-corrected chi connectivity index (χ0v) is 13.2. The van der Waals surface area contributed by atoms with Crippen LogP contribution in [0.2, 0.25) is 0 Å². The summed E-state index contributed by atoms with van der Waals surface area (Å²) in [5, 5.41) is 3.17. The van der Waals surface area contributed by atoms with Crippen LogP contribution in [0.1, 0.15) is 25.3 Å². The minimum absolute atomic E-state index is 0.106. The first kappa shape index (κ1) is 15.2. The van der Waals surface area contributed by atoms with Gasteiger partial charge in [-0.05, 0) is 18.1 Å². The van der Waals surface area contributed by atoms with Crippen LogP contribution in [0.3, 0.4) is 0 Å². The van der Waals surface area contributed by atoms with Crippen molar-refractivity contribution in [3.05, 3.63) is 64.7 Å². The van der Waals surface area contributed by atoms with Crippen LogP contribution in [0.4, 0.5) is 5.82 Å². The molecule has 0 fully saturated rings. The molecule has 3 aromatic rings. The summed E-state index contributed by atoms with van der Waals surface area (Å²) in [6.07, 6.45) is 5.47. The molecule has 0 saturated heterocycles. The summed E-state index contributed by atoms with van der Waals surface area (Å²) < 4.78 is 1.74. The molecular formula is C18H20N4O. The van der Waals surface area contributed by atoms with Crippen LogP contribution in [-0.4, -0.2) is 21.1 Å². The molecule has 118 valence electrons. The van der Waals surface area contributed by atoms with E-state index in [-0.39, 0.29) is 5.56 Å². The molecule has 5 heteroatoms. The van der Waals surface area contributed by atoms with Crippen LogP contribution in [0.5, 0.6) is 0 Å². The maximum Gasteiger partial charge on any atom is 0.294 e. The second-order valence-corrected chi connectivity index (χ2v) is 5.48. The Balaban J connectivity index is 2.06. The minimum atomic E-state index is -0.106. The fourth-order valence-corrected chi connectivity index (χ4v) is 2.51. The predicted octanol–water partition coefficient (Wildman–Crippen LogP) is 3.05. The van der Waals surface area contributed by atoms with Gasteiger partial charge in [0.1, 0.15) is 0 Å². The number of aromatic nitrogens is 3. The summed E-state index contributed by atoms with van der Waals surface area (Å²) in [5.41, 5.74) is 2.49. The predicted molar refractivity (Wildman–Crippen MR) is 92.7 cm³/mol. The number of unbranched alkanes of at least 4 members (excludes halogenated alkanes) is 1. The van der Waals surface area contributed by atoms with Crippen molar-refractivity contribution in [1.29, 1.82) is 0 Å². The normalized spacial score (nSPS) is 10.8. The number of fused-ring (bicyclic) bond motifs is 1. The highest BCUT2D eigenvalue weighted by Crippen LogP contribution is 2.12. The van der Waals surface area contributed by atoms with Crippen molar-refractivity contribution in [2.75, 3.05) is 11.9 Å². The molecule has 0 aliphatic heterocycles. The largest absolute Gasteiger partial charge is 0.365 e. The van der Waals surface area contributed by atoms with Crippen LogP contribution >= 0.6 is 0 Å². The molecule has 0 bridgehead atoms. The second kappa shape index (κ2) is 7.05. The molecule has 2 aromatic heterocycles. The van der Waals surface area contributed by atoms with Gasteiger partial charge in [-0.25, -0.2) is 4.98 Å². The zero-order valence-electron chi connectivity index (χ0n) is 13.2. The summed E-state index contributed by atoms with van der Waals surface area (Å²) in [6.45, 7) is 3.38. The first-order valence-electron chi connectivity index (χ1n) is 7.92. The number of hydrogen-bond donors (Lipinski definition) is 1. The number of hydrogen-bond acceptors (Lipinski definition) is 4. The van der Waals surface area contributed by atoms with Gasteiger partial charge >= 0.3 is 0 Å². The summed E-state index contributed by atoms with van der Waals surface area (Å²) in [4.78, 5) is 21.4. The van der Waals surface area contributed by atoms with E-state index < -0.39 is 0 Å². The maximum atomic E-state index is 12.8. The Morgan fingerprint density at radius 1 is 1.17 bits per heavy atom. The van der Waals surface area contributed by atoms with Crippen molar-refractivity contribution in [3.8, 4) is 0 Å². The van der Waals surface area contributed by atoms with E-state index in [9.17, 15) is 4.79 Å². The maximum absolute atomic E-state index is 12.8. The van der Waals surface area contributed by atoms with Gasteiger partial charge in [0.2, 0.25) is 0 Å². The number of nitrogens with zero attached hydrogens (tertiary/aromatic N) is 3. The van der Waals surface area contributed by atoms with Crippen molar-refractivity contribution in [1.82, 2.24) is 14.5 Å². The van der Waals surface area contributed by atoms with Crippen LogP contribution in [0.15, 0.2) is 53.6 Å². The number of nitrogens with one attached hydrogen (secondary N) is 1. The number of pyridine rings is 1. The van der Waals surface area contributed by atoms with Gasteiger partial charge in [0.25, 0.3) is 5.56 Å². The smallest absolute Gasteiger partial charge is 0.294 e. The standard InChI is InChI=1S/C18H20N4O/c1-2-3-10-20-17-18(23)22(13-14-7-5-4-6-8-14)16-12-19-11-9-15(16)21-17/h4-9,11-12H,2-3,10,13H2,1H3,(H,20,21). The highest BCUT2D eigenvalue weighted by molar-refractivity contribution is 5.75. The molecule has 0 aliphatic carbocycles. The first-order chi connectivity index (χ1) is 11.3. The van der Waals surface area contributed by atoms with Crippen molar-refractivity contribution in [3.63, 3.8) is 0 Å². The Morgan fingerprint density at radius 3 is 2.78 bits per heavy atom. The summed E-state index contributed by atoms with van der Waals surface area (Å²) >= 11 is 0. The lowest BCUT2D eigenvalue weighted by Gasteiger charge is -2.13. The number of rotatable bonds is 6. The van der Waals surface area contributed by atoms with Gasteiger partial charge in [-0.3, -0.25) is 14.3 Å². The number of anilines is 1. The van der Waals surface area contributed by atoms with E-state index in [2.05, 4.69) is 22.2 Å². The molecule has 1 aromatic carbocycles. The van der Waals surface area contributed by atoms with Gasteiger partial charge in [-0.1, -0.05) is 43.7 Å². The van der Waals surface area contributed by atoms with Gasteiger partial charge < -0.3 is 5.32 Å². The number of benzene rings is 1. The molecule has 0 spiro atoms. The molecule has 1 N–H and O–H groups in total. The fraction of sp³-hybridized carbons (Fsp3) is 0.278. The van der Waals surface area contributed by atoms with E-state index in [0.29, 0.717) is 12.4 Å². The molecule has 0 atom stereocenters. The van der Waals surface area contributed by atoms with Gasteiger partial charge in [-0.15, -0.1) is 0 Å². The Labute approximate surface area is 135 Å². The van der Waals surface area contributed by atoms with Crippen molar-refractivity contribution < 1.29 is 0 Å². The van der Waals surface area contributed by atoms with Crippen LogP contribution in [0.25, 0.3) is 11.0 Å². The van der Waals surface area contributed by atoms with E-state index in [1.54, 1.807) is 17.0 Å². The molecule has 0 radical (unpaired) electrons. The summed E-state index contributed by atoms with van der Waals surface area (Å²) in [5.74, 6) is 0.410. The average molecular weight is 308 g/mol. The van der Waals surface area contributed by atoms with Crippen LogP contribution < -0.4 is 10.9 Å². The van der Waals surface area contributed by atoms with Crippen molar-refractivity contribution >= 4 is 16.9 Å². The molecule has 0 amide bonds. The lowest BCUT2D eigenvalue weighted by molar-refractivity contribution is 0.778. The van der Waals surface area contributed by atoms with E-state index >= 15 is 0 Å². The average Bonchev–Trinajstić information content (AvgIpc) is 2.59. The van der Waals surface area contributed by atoms with Crippen molar-refractivity contribution in [2.24, 2.45) is 0 Å². The summed E-state index contributed by atoms with van der Waals surface area (Å²) in [6, 6.07) is 11.8. The molecule has 0 unspecified atom stereocenters. The minimum Gasteiger partial charge on any atom is -0.365 e. The van der Waals surface area contributed by atoms with E-state index in [1.807, 2.05) is 36.4 Å². The van der Waals surface area contributed by atoms with E-state index in [1.165, 1.54) is 0 Å². The van der Waals surface area contributed by atoms with E-state index in [4.69, 9.17) is 0 Å². The zero-order chi connectivity index (χ0) is 16.1. The molecule has 5 nitrogen and oxygen atoms in total. The Bertz CT molecular complexity index is 843. The lowest BCUT2D eigenvalue weighted by Crippen LogP contribution is -2.26. The topological polar surface area (TPSA) is 59.8 Å². The third kappa shape index (κ3) is 3.39. The molecule has 0 saturated carbocycles. The summed E-state index contributed by atoms with van der Waals surface area (Å²) in [7, 11) is 0. The van der Waals surface area contributed by atoms with Gasteiger partial charge in [0.15, 0.2) is 5.82 Å². The molecule has 23 heavy (non-hydrogen) atoms. The fourth-order valence-electron chi connectivity index (χ4n) is 2.51. The SMILES string of the molecule is CCCCNc1nc2ccncc2n(Cc2ccccc2)c1=O. The molecule has 0 aliphatic rings. The first-order valence-corrected chi connectivity index (χ1v) is 7.92. The van der Waals surface area contributed by atoms with Crippen LogP contribution in [0, 0.1) is 0 Å². The van der Waals surface area contributed by atoms with Crippen molar-refractivity contribution in [2.45, 2.75) is 26.3 Å². The Morgan fingerprint density at radius 2 is 2.00 bits per heavy atom. The van der Waals surface area contributed by atoms with Gasteiger partial charge in [-0.2, -0.15) is 0 Å². The van der Waals surface area contributed by atoms with Gasteiger partial charge in [0, 0.05) is 12.7 Å². The molecular weight excluding hydrogens is 288 g/mol. The highest BCUT2D eigenvalue weighted by Gasteiger charge is 2.11. The Kier molecular flexibility index (Phi) is 4.66.